The van der Waals surface area contributed by atoms with Gasteiger partial charge in [0.1, 0.15) is 0 Å². The van der Waals surface area contributed by atoms with Crippen molar-refractivity contribution in [1.29, 1.82) is 0 Å². The second-order valence-electron chi connectivity index (χ2n) is 4.20. The van der Waals surface area contributed by atoms with Gasteiger partial charge in [-0.2, -0.15) is 13.2 Å². The average molecular weight is 348 g/mol. The molecule has 0 fully saturated rings. The lowest BCUT2D eigenvalue weighted by Crippen LogP contribution is -2.22. The van der Waals surface area contributed by atoms with E-state index in [2.05, 4.69) is 15.5 Å². The van der Waals surface area contributed by atoms with Gasteiger partial charge in [0.05, 0.1) is 16.5 Å². The van der Waals surface area contributed by atoms with Gasteiger partial charge < -0.3 is 11.1 Å². The number of thioether (sulfide) groups is 1. The van der Waals surface area contributed by atoms with Crippen LogP contribution in [0.15, 0.2) is 28.6 Å². The number of nitrogens with two attached hydrogens (primary N) is 1. The highest BCUT2D eigenvalue weighted by Gasteiger charge is 2.33. The molecule has 2 aromatic rings. The molecule has 5 nitrogen and oxygen atoms in total. The van der Waals surface area contributed by atoms with Crippen LogP contribution in [0.3, 0.4) is 0 Å². The van der Waals surface area contributed by atoms with Crippen molar-refractivity contribution in [3.05, 3.63) is 29.8 Å². The van der Waals surface area contributed by atoms with Crippen molar-refractivity contribution in [1.82, 2.24) is 10.2 Å². The van der Waals surface area contributed by atoms with Crippen LogP contribution in [0.5, 0.6) is 0 Å². The quantitative estimate of drug-likeness (QED) is 0.811. The molecule has 10 heteroatoms. The van der Waals surface area contributed by atoms with Crippen molar-refractivity contribution in [3.63, 3.8) is 0 Å². The summed E-state index contributed by atoms with van der Waals surface area (Å²) in [5.41, 5.74) is 4.24. The molecule has 22 heavy (non-hydrogen) atoms. The molecule has 3 N–H and O–H groups in total. The standard InChI is InChI=1S/C12H11F3N4OS2/c1-6(9(16)20)21-11-19-18-10(22-11)17-8-5-3-2-4-7(8)12(13,14)15/h2-6H,1H3,(H2,16,20)(H,17,18). The van der Waals surface area contributed by atoms with E-state index in [9.17, 15) is 18.0 Å². The minimum Gasteiger partial charge on any atom is -0.369 e. The van der Waals surface area contributed by atoms with Gasteiger partial charge in [-0.1, -0.05) is 35.2 Å². The first kappa shape index (κ1) is 16.6. The van der Waals surface area contributed by atoms with E-state index in [0.29, 0.717) is 4.34 Å². The molecule has 0 saturated carbocycles. The van der Waals surface area contributed by atoms with E-state index in [1.165, 1.54) is 18.2 Å². The van der Waals surface area contributed by atoms with Crippen LogP contribution in [0.4, 0.5) is 24.0 Å². The van der Waals surface area contributed by atoms with Gasteiger partial charge in [-0.3, -0.25) is 4.79 Å². The molecule has 0 aliphatic rings. The first-order chi connectivity index (χ1) is 10.3. The number of amides is 1. The number of nitrogens with one attached hydrogen (secondary N) is 1. The van der Waals surface area contributed by atoms with Crippen LogP contribution in [0.25, 0.3) is 0 Å². The Morgan fingerprint density at radius 2 is 2.05 bits per heavy atom. The minimum atomic E-state index is -4.47. The van der Waals surface area contributed by atoms with Gasteiger partial charge in [-0.05, 0) is 19.1 Å². The van der Waals surface area contributed by atoms with Crippen molar-refractivity contribution >= 4 is 39.8 Å². The number of nitrogens with zero attached hydrogens (tertiary/aromatic N) is 2. The number of hydrogen-bond donors (Lipinski definition) is 2. The number of anilines is 2. The van der Waals surface area contributed by atoms with Gasteiger partial charge in [-0.25, -0.2) is 0 Å². The maximum absolute atomic E-state index is 12.9. The van der Waals surface area contributed by atoms with Crippen LogP contribution >= 0.6 is 23.1 Å². The predicted octanol–water partition coefficient (Wildman–Crippen LogP) is 3.27. The van der Waals surface area contributed by atoms with Gasteiger partial charge in [0.25, 0.3) is 0 Å². The summed E-state index contributed by atoms with van der Waals surface area (Å²) in [6, 6.07) is 5.09. The third kappa shape index (κ3) is 4.10. The third-order valence-electron chi connectivity index (χ3n) is 2.56. The summed E-state index contributed by atoms with van der Waals surface area (Å²) in [6.45, 7) is 1.61. The Hall–Kier alpha value is -1.81. The first-order valence-electron chi connectivity index (χ1n) is 6.00. The Kier molecular flexibility index (Phi) is 4.91. The highest BCUT2D eigenvalue weighted by atomic mass is 32.2. The van der Waals surface area contributed by atoms with Crippen molar-refractivity contribution in [2.75, 3.05) is 5.32 Å². The molecule has 0 aliphatic carbocycles. The fourth-order valence-electron chi connectivity index (χ4n) is 1.47. The molecule has 0 radical (unpaired) electrons. The first-order valence-corrected chi connectivity index (χ1v) is 7.69. The molecule has 1 aromatic carbocycles. The molecule has 0 spiro atoms. The molecule has 1 amide bonds. The van der Waals surface area contributed by atoms with E-state index in [-0.39, 0.29) is 10.8 Å². The summed E-state index contributed by atoms with van der Waals surface area (Å²) < 4.78 is 39.1. The molecular weight excluding hydrogens is 337 g/mol. The maximum atomic E-state index is 12.9. The number of hydrogen-bond acceptors (Lipinski definition) is 6. The Labute approximate surface area is 132 Å². The smallest absolute Gasteiger partial charge is 0.369 e. The van der Waals surface area contributed by atoms with Crippen molar-refractivity contribution < 1.29 is 18.0 Å². The lowest BCUT2D eigenvalue weighted by molar-refractivity contribution is -0.136. The molecule has 0 aliphatic heterocycles. The Bertz CT molecular complexity index is 674. The van der Waals surface area contributed by atoms with E-state index < -0.39 is 22.9 Å². The number of carbonyl (C=O) groups is 1. The monoisotopic (exact) mass is 348 g/mol. The van der Waals surface area contributed by atoms with Crippen LogP contribution in [0.1, 0.15) is 12.5 Å². The van der Waals surface area contributed by atoms with E-state index in [1.807, 2.05) is 0 Å². The van der Waals surface area contributed by atoms with Crippen LogP contribution in [0.2, 0.25) is 0 Å². The van der Waals surface area contributed by atoms with Crippen molar-refractivity contribution in [3.8, 4) is 0 Å². The summed E-state index contributed by atoms with van der Waals surface area (Å²) in [5.74, 6) is -0.503. The molecule has 1 aromatic heterocycles. The van der Waals surface area contributed by atoms with Gasteiger partial charge in [0.2, 0.25) is 11.0 Å². The second-order valence-corrected chi connectivity index (χ2v) is 6.77. The topological polar surface area (TPSA) is 80.9 Å². The normalized spacial score (nSPS) is 12.9. The highest BCUT2D eigenvalue weighted by Crippen LogP contribution is 2.37. The zero-order chi connectivity index (χ0) is 16.3. The Morgan fingerprint density at radius 1 is 1.36 bits per heavy atom. The zero-order valence-electron chi connectivity index (χ0n) is 11.2. The van der Waals surface area contributed by atoms with E-state index in [1.54, 1.807) is 6.92 Å². The zero-order valence-corrected chi connectivity index (χ0v) is 12.9. The van der Waals surface area contributed by atoms with Crippen LogP contribution < -0.4 is 11.1 Å². The van der Waals surface area contributed by atoms with Gasteiger partial charge in [0, 0.05) is 0 Å². The van der Waals surface area contributed by atoms with Gasteiger partial charge in [0.15, 0.2) is 4.34 Å². The van der Waals surface area contributed by atoms with Crippen molar-refractivity contribution in [2.24, 2.45) is 5.73 Å². The number of halogens is 3. The lowest BCUT2D eigenvalue weighted by atomic mass is 10.2. The minimum absolute atomic E-state index is 0.106. The predicted molar refractivity (Wildman–Crippen MR) is 79.1 cm³/mol. The summed E-state index contributed by atoms with van der Waals surface area (Å²) in [6.07, 6.45) is -4.47. The van der Waals surface area contributed by atoms with Gasteiger partial charge in [-0.15, -0.1) is 10.2 Å². The molecule has 1 unspecified atom stereocenters. The second kappa shape index (κ2) is 6.53. The number of aromatic nitrogens is 2. The number of rotatable bonds is 5. The Balaban J connectivity index is 2.16. The average Bonchev–Trinajstić information content (AvgIpc) is 2.85. The number of carbonyl (C=O) groups excluding carboxylic acids is 1. The maximum Gasteiger partial charge on any atom is 0.418 e. The van der Waals surface area contributed by atoms with Crippen LogP contribution in [-0.2, 0) is 11.0 Å². The summed E-state index contributed by atoms with van der Waals surface area (Å²) >= 11 is 2.15. The number of para-hydroxylation sites is 1. The fraction of sp³-hybridized carbons (Fsp3) is 0.250. The number of benzene rings is 1. The Morgan fingerprint density at radius 3 is 2.68 bits per heavy atom. The molecule has 118 valence electrons. The number of alkyl halides is 3. The number of primary amides is 1. The van der Waals surface area contributed by atoms with Crippen molar-refractivity contribution in [2.45, 2.75) is 22.7 Å². The largest absolute Gasteiger partial charge is 0.418 e. The molecule has 2 rings (SSSR count). The molecule has 1 atom stereocenters. The SMILES string of the molecule is CC(Sc1nnc(Nc2ccccc2C(F)(F)F)s1)C(N)=O. The fourth-order valence-corrected chi connectivity index (χ4v) is 3.33. The van der Waals surface area contributed by atoms with Crippen LogP contribution in [0, 0.1) is 0 Å². The lowest BCUT2D eigenvalue weighted by Gasteiger charge is -2.12. The molecular formula is C12H11F3N4OS2. The molecule has 1 heterocycles. The third-order valence-corrected chi connectivity index (χ3v) is 4.60. The summed E-state index contributed by atoms with van der Waals surface area (Å²) in [4.78, 5) is 11.0. The summed E-state index contributed by atoms with van der Waals surface area (Å²) in [7, 11) is 0. The van der Waals surface area contributed by atoms with Gasteiger partial charge >= 0.3 is 6.18 Å². The molecule has 0 saturated heterocycles. The van der Waals surface area contributed by atoms with Crippen LogP contribution in [-0.4, -0.2) is 21.4 Å². The summed E-state index contributed by atoms with van der Waals surface area (Å²) in [5, 5.41) is 9.88. The molecule has 0 bridgehead atoms. The highest BCUT2D eigenvalue weighted by molar-refractivity contribution is 8.02. The van der Waals surface area contributed by atoms with E-state index in [4.69, 9.17) is 5.73 Å². The van der Waals surface area contributed by atoms with E-state index in [0.717, 1.165) is 29.2 Å². The van der Waals surface area contributed by atoms with E-state index >= 15 is 0 Å².